The first-order valence-corrected chi connectivity index (χ1v) is 5.87. The molecule has 0 atom stereocenters. The molecule has 1 fully saturated rings. The summed E-state index contributed by atoms with van der Waals surface area (Å²) in [5.74, 6) is 0.834. The van der Waals surface area contributed by atoms with Crippen LogP contribution in [0.3, 0.4) is 0 Å². The van der Waals surface area contributed by atoms with E-state index in [0.717, 1.165) is 18.2 Å². The predicted octanol–water partition coefficient (Wildman–Crippen LogP) is 2.58. The van der Waals surface area contributed by atoms with Crippen molar-refractivity contribution >= 4 is 5.69 Å². The minimum atomic E-state index is 0.484. The maximum absolute atomic E-state index is 8.67. The molecule has 0 amide bonds. The molecule has 0 unspecified atom stereocenters. The molecule has 1 aliphatic rings. The highest BCUT2D eigenvalue weighted by atomic mass is 15.1. The lowest BCUT2D eigenvalue weighted by atomic mass is 10.1. The molecular weight excluding hydrogens is 198 g/mol. The lowest BCUT2D eigenvalue weighted by Gasteiger charge is -2.22. The average molecular weight is 215 g/mol. The largest absolute Gasteiger partial charge is 0.373 e. The fourth-order valence-electron chi connectivity index (χ4n) is 2.36. The Kier molecular flexibility index (Phi) is 3.40. The van der Waals surface area contributed by atoms with Crippen LogP contribution in [-0.4, -0.2) is 18.6 Å². The Labute approximate surface area is 96.7 Å². The van der Waals surface area contributed by atoms with E-state index in [1.54, 1.807) is 12.3 Å². The van der Waals surface area contributed by atoms with Gasteiger partial charge < -0.3 is 4.90 Å². The minimum absolute atomic E-state index is 0.484. The van der Waals surface area contributed by atoms with Crippen LogP contribution in [0, 0.1) is 17.2 Å². The molecule has 1 aromatic heterocycles. The first kappa shape index (κ1) is 10.9. The summed E-state index contributed by atoms with van der Waals surface area (Å²) < 4.78 is 0. The number of hydrogen-bond donors (Lipinski definition) is 0. The lowest BCUT2D eigenvalue weighted by molar-refractivity contribution is 0.547. The first-order chi connectivity index (χ1) is 7.79. The molecule has 0 N–H and O–H groups in total. The van der Waals surface area contributed by atoms with Gasteiger partial charge in [-0.05, 0) is 30.9 Å². The predicted molar refractivity (Wildman–Crippen MR) is 64.2 cm³/mol. The van der Waals surface area contributed by atoms with Crippen molar-refractivity contribution < 1.29 is 0 Å². The third-order valence-electron chi connectivity index (χ3n) is 3.31. The molecule has 0 bridgehead atoms. The molecule has 1 saturated carbocycles. The Balaban J connectivity index is 1.97. The quantitative estimate of drug-likeness (QED) is 0.778. The summed E-state index contributed by atoms with van der Waals surface area (Å²) in [6.45, 7) is 1.10. The summed E-state index contributed by atoms with van der Waals surface area (Å²) in [6.07, 6.45) is 7.25. The van der Waals surface area contributed by atoms with Crippen LogP contribution < -0.4 is 4.90 Å². The number of nitrogens with zero attached hydrogens (tertiary/aromatic N) is 3. The van der Waals surface area contributed by atoms with Gasteiger partial charge in [-0.2, -0.15) is 5.26 Å². The van der Waals surface area contributed by atoms with Crippen molar-refractivity contribution in [2.75, 3.05) is 18.5 Å². The van der Waals surface area contributed by atoms with Gasteiger partial charge in [0.2, 0.25) is 0 Å². The molecular formula is C13H17N3. The number of rotatable bonds is 3. The molecule has 84 valence electrons. The van der Waals surface area contributed by atoms with Crippen molar-refractivity contribution in [3.8, 4) is 6.07 Å². The summed E-state index contributed by atoms with van der Waals surface area (Å²) in [6, 6.07) is 5.79. The summed E-state index contributed by atoms with van der Waals surface area (Å²) in [5.41, 5.74) is 1.59. The molecule has 0 saturated heterocycles. The Morgan fingerprint density at radius 3 is 2.75 bits per heavy atom. The van der Waals surface area contributed by atoms with E-state index in [1.165, 1.54) is 25.7 Å². The maximum atomic E-state index is 8.67. The van der Waals surface area contributed by atoms with Crippen molar-refractivity contribution in [3.63, 3.8) is 0 Å². The molecule has 0 aromatic carbocycles. The Morgan fingerprint density at radius 2 is 2.19 bits per heavy atom. The molecule has 1 aliphatic carbocycles. The molecule has 2 rings (SSSR count). The summed E-state index contributed by atoms with van der Waals surface area (Å²) in [7, 11) is 2.10. The van der Waals surface area contributed by atoms with E-state index >= 15 is 0 Å². The van der Waals surface area contributed by atoms with Crippen LogP contribution >= 0.6 is 0 Å². The number of nitriles is 1. The molecule has 0 radical (unpaired) electrons. The average Bonchev–Trinajstić information content (AvgIpc) is 2.82. The van der Waals surface area contributed by atoms with E-state index in [2.05, 4.69) is 16.9 Å². The molecule has 0 aliphatic heterocycles. The van der Waals surface area contributed by atoms with Crippen molar-refractivity contribution in [2.45, 2.75) is 25.7 Å². The summed E-state index contributed by atoms with van der Waals surface area (Å²) >= 11 is 0. The highest BCUT2D eigenvalue weighted by molar-refractivity contribution is 5.45. The van der Waals surface area contributed by atoms with Crippen molar-refractivity contribution in [2.24, 2.45) is 5.92 Å². The van der Waals surface area contributed by atoms with E-state index in [9.17, 15) is 0 Å². The molecule has 3 nitrogen and oxygen atoms in total. The van der Waals surface area contributed by atoms with Crippen molar-refractivity contribution in [3.05, 3.63) is 24.0 Å². The minimum Gasteiger partial charge on any atom is -0.373 e. The summed E-state index contributed by atoms with van der Waals surface area (Å²) in [4.78, 5) is 6.33. The second-order valence-corrected chi connectivity index (χ2v) is 4.54. The number of aromatic nitrogens is 1. The third-order valence-corrected chi connectivity index (χ3v) is 3.31. The number of pyridine rings is 1. The van der Waals surface area contributed by atoms with Crippen molar-refractivity contribution in [1.82, 2.24) is 4.98 Å². The fraction of sp³-hybridized carbons (Fsp3) is 0.538. The van der Waals surface area contributed by atoms with E-state index in [1.807, 2.05) is 12.1 Å². The SMILES string of the molecule is CN(CC1CCCC1)c1ccc(C#N)nc1. The normalized spacial score (nSPS) is 16.0. The topological polar surface area (TPSA) is 39.9 Å². The highest BCUT2D eigenvalue weighted by Gasteiger charge is 2.16. The standard InChI is InChI=1S/C13H17N3/c1-16(10-11-4-2-3-5-11)13-7-6-12(8-14)15-9-13/h6-7,9,11H,2-5,10H2,1H3. The molecule has 16 heavy (non-hydrogen) atoms. The van der Waals surface area contributed by atoms with Crippen LogP contribution in [-0.2, 0) is 0 Å². The van der Waals surface area contributed by atoms with E-state index in [4.69, 9.17) is 5.26 Å². The molecule has 1 aromatic rings. The Bertz CT molecular complexity index is 371. The van der Waals surface area contributed by atoms with Crippen molar-refractivity contribution in [1.29, 1.82) is 5.26 Å². The monoisotopic (exact) mass is 215 g/mol. The van der Waals surface area contributed by atoms with Gasteiger partial charge in [0.25, 0.3) is 0 Å². The fourth-order valence-corrected chi connectivity index (χ4v) is 2.36. The van der Waals surface area contributed by atoms with Gasteiger partial charge in [0.1, 0.15) is 11.8 Å². The van der Waals surface area contributed by atoms with Gasteiger partial charge in [-0.25, -0.2) is 4.98 Å². The van der Waals surface area contributed by atoms with Crippen LogP contribution in [0.25, 0.3) is 0 Å². The van der Waals surface area contributed by atoms with E-state index in [0.29, 0.717) is 5.69 Å². The van der Waals surface area contributed by atoms with Gasteiger partial charge in [0.05, 0.1) is 11.9 Å². The Hall–Kier alpha value is -1.56. The van der Waals surface area contributed by atoms with Gasteiger partial charge in [-0.15, -0.1) is 0 Å². The molecule has 1 heterocycles. The van der Waals surface area contributed by atoms with Gasteiger partial charge >= 0.3 is 0 Å². The zero-order chi connectivity index (χ0) is 11.4. The number of hydrogen-bond acceptors (Lipinski definition) is 3. The maximum Gasteiger partial charge on any atom is 0.140 e. The van der Waals surface area contributed by atoms with Crippen LogP contribution in [0.4, 0.5) is 5.69 Å². The third kappa shape index (κ3) is 2.52. The van der Waals surface area contributed by atoms with Crippen LogP contribution in [0.2, 0.25) is 0 Å². The number of anilines is 1. The first-order valence-electron chi connectivity index (χ1n) is 5.87. The van der Waals surface area contributed by atoms with Crippen LogP contribution in [0.1, 0.15) is 31.4 Å². The van der Waals surface area contributed by atoms with Gasteiger partial charge in [-0.3, -0.25) is 0 Å². The van der Waals surface area contributed by atoms with E-state index in [-0.39, 0.29) is 0 Å². The zero-order valence-electron chi connectivity index (χ0n) is 9.69. The van der Waals surface area contributed by atoms with Gasteiger partial charge in [0, 0.05) is 13.6 Å². The van der Waals surface area contributed by atoms with Crippen LogP contribution in [0.15, 0.2) is 18.3 Å². The lowest BCUT2D eigenvalue weighted by Crippen LogP contribution is -2.24. The summed E-state index contributed by atoms with van der Waals surface area (Å²) in [5, 5.41) is 8.67. The Morgan fingerprint density at radius 1 is 1.44 bits per heavy atom. The second kappa shape index (κ2) is 4.98. The second-order valence-electron chi connectivity index (χ2n) is 4.54. The molecule has 0 spiro atoms. The zero-order valence-corrected chi connectivity index (χ0v) is 9.69. The smallest absolute Gasteiger partial charge is 0.140 e. The van der Waals surface area contributed by atoms with Gasteiger partial charge in [0.15, 0.2) is 0 Å². The van der Waals surface area contributed by atoms with Crippen LogP contribution in [0.5, 0.6) is 0 Å². The van der Waals surface area contributed by atoms with Gasteiger partial charge in [-0.1, -0.05) is 12.8 Å². The highest BCUT2D eigenvalue weighted by Crippen LogP contribution is 2.26. The molecule has 3 heteroatoms. The van der Waals surface area contributed by atoms with E-state index < -0.39 is 0 Å².